The molecule has 3 rings (SSSR count). The molecule has 0 saturated heterocycles. The number of ether oxygens (including phenoxy) is 2. The van der Waals surface area contributed by atoms with Crippen LogP contribution in [0.3, 0.4) is 0 Å². The predicted molar refractivity (Wildman–Crippen MR) is 88.9 cm³/mol. The van der Waals surface area contributed by atoms with E-state index in [0.717, 1.165) is 17.0 Å². The van der Waals surface area contributed by atoms with Crippen LogP contribution in [0.15, 0.2) is 24.3 Å². The van der Waals surface area contributed by atoms with Crippen LogP contribution in [-0.4, -0.2) is 63.9 Å². The predicted octanol–water partition coefficient (Wildman–Crippen LogP) is 1.65. The second kappa shape index (κ2) is 7.56. The van der Waals surface area contributed by atoms with Crippen molar-refractivity contribution in [2.24, 2.45) is 0 Å². The van der Waals surface area contributed by atoms with Gasteiger partial charge in [-0.3, -0.25) is 9.69 Å². The van der Waals surface area contributed by atoms with E-state index in [4.69, 9.17) is 9.84 Å². The number of H-pyrrole nitrogens is 1. The molecule has 1 aromatic heterocycles. The maximum atomic E-state index is 12.5. The molecule has 1 unspecified atom stereocenters. The van der Waals surface area contributed by atoms with Gasteiger partial charge in [0.05, 0.1) is 0 Å². The molecule has 0 fully saturated rings. The zero-order valence-electron chi connectivity index (χ0n) is 14.6. The molecule has 0 radical (unpaired) electrons. The van der Waals surface area contributed by atoms with Gasteiger partial charge in [-0.15, -0.1) is 13.2 Å². The third kappa shape index (κ3) is 4.12. The molecule has 0 saturated carbocycles. The minimum absolute atomic E-state index is 0.000587. The third-order valence-corrected chi connectivity index (χ3v) is 3.91. The van der Waals surface area contributed by atoms with E-state index in [0.29, 0.717) is 0 Å². The van der Waals surface area contributed by atoms with Crippen molar-refractivity contribution < 1.29 is 37.7 Å². The van der Waals surface area contributed by atoms with Gasteiger partial charge in [-0.25, -0.2) is 0 Å². The number of amides is 1. The molecule has 152 valence electrons. The number of halogens is 3. The summed E-state index contributed by atoms with van der Waals surface area (Å²) in [6.45, 7) is -0.0347. The van der Waals surface area contributed by atoms with Gasteiger partial charge in [0.15, 0.2) is 11.5 Å². The number of aliphatic hydroxyl groups excluding tert-OH is 2. The minimum Gasteiger partial charge on any atom is -0.425 e. The number of aromatic nitrogens is 2. The molecule has 1 atom stereocenters. The largest absolute Gasteiger partial charge is 0.573 e. The van der Waals surface area contributed by atoms with Crippen molar-refractivity contribution in [2.45, 2.75) is 19.1 Å². The zero-order valence-corrected chi connectivity index (χ0v) is 14.6. The van der Waals surface area contributed by atoms with Gasteiger partial charge >= 0.3 is 12.4 Å². The highest BCUT2D eigenvalue weighted by atomic mass is 19.4. The molecule has 0 spiro atoms. The molecule has 3 N–H and O–H groups in total. The Morgan fingerprint density at radius 1 is 1.32 bits per heavy atom. The summed E-state index contributed by atoms with van der Waals surface area (Å²) < 4.78 is 46.2. The minimum atomic E-state index is -4.84. The van der Waals surface area contributed by atoms with E-state index in [9.17, 15) is 23.1 Å². The lowest BCUT2D eigenvalue weighted by atomic mass is 10.2. The molecule has 0 bridgehead atoms. The van der Waals surface area contributed by atoms with Crippen LogP contribution in [-0.2, 0) is 0 Å². The summed E-state index contributed by atoms with van der Waals surface area (Å²) in [6, 6.07) is 4.67. The zero-order chi connectivity index (χ0) is 20.5. The first-order chi connectivity index (χ1) is 13.2. The van der Waals surface area contributed by atoms with Gasteiger partial charge in [-0.2, -0.15) is 4.98 Å². The SMILES string of the molecule is CN1c2nc(Oc3cccc(OC(F)(F)F)c3)[nH]c2C(=O)N(CCCO)C1O. The van der Waals surface area contributed by atoms with Crippen molar-refractivity contribution >= 4 is 11.7 Å². The lowest BCUT2D eigenvalue weighted by molar-refractivity contribution is -0.274. The van der Waals surface area contributed by atoms with Crippen molar-refractivity contribution in [3.05, 3.63) is 30.0 Å². The molecule has 2 aromatic rings. The number of alkyl halides is 3. The van der Waals surface area contributed by atoms with Crippen LogP contribution in [0.25, 0.3) is 0 Å². The van der Waals surface area contributed by atoms with Gasteiger partial charge < -0.3 is 29.6 Å². The number of fused-ring (bicyclic) bond motifs is 1. The van der Waals surface area contributed by atoms with Crippen LogP contribution in [0.5, 0.6) is 17.5 Å². The number of anilines is 1. The van der Waals surface area contributed by atoms with Gasteiger partial charge in [0.25, 0.3) is 5.91 Å². The molecule has 2 heterocycles. The van der Waals surface area contributed by atoms with Gasteiger partial charge in [-0.05, 0) is 18.6 Å². The fourth-order valence-electron chi connectivity index (χ4n) is 2.67. The lowest BCUT2D eigenvalue weighted by Gasteiger charge is -2.37. The smallest absolute Gasteiger partial charge is 0.425 e. The number of rotatable bonds is 6. The highest BCUT2D eigenvalue weighted by molar-refractivity contribution is 5.99. The summed E-state index contributed by atoms with van der Waals surface area (Å²) in [5.74, 6) is -0.901. The third-order valence-electron chi connectivity index (χ3n) is 3.91. The molecule has 1 amide bonds. The van der Waals surface area contributed by atoms with Crippen LogP contribution in [0.2, 0.25) is 0 Å². The first kappa shape index (κ1) is 19.8. The average molecular weight is 402 g/mol. The van der Waals surface area contributed by atoms with Crippen molar-refractivity contribution in [3.63, 3.8) is 0 Å². The van der Waals surface area contributed by atoms with E-state index in [1.54, 1.807) is 0 Å². The van der Waals surface area contributed by atoms with E-state index in [1.807, 2.05) is 0 Å². The van der Waals surface area contributed by atoms with E-state index in [1.165, 1.54) is 24.1 Å². The summed E-state index contributed by atoms with van der Waals surface area (Å²) in [5.41, 5.74) is 0.0448. The first-order valence-corrected chi connectivity index (χ1v) is 8.16. The monoisotopic (exact) mass is 402 g/mol. The maximum Gasteiger partial charge on any atom is 0.573 e. The van der Waals surface area contributed by atoms with Crippen molar-refractivity contribution in [2.75, 3.05) is 25.1 Å². The molecular formula is C16H17F3N4O5. The highest BCUT2D eigenvalue weighted by Gasteiger charge is 2.37. The highest BCUT2D eigenvalue weighted by Crippen LogP contribution is 2.32. The van der Waals surface area contributed by atoms with Crippen LogP contribution >= 0.6 is 0 Å². The Morgan fingerprint density at radius 2 is 2.04 bits per heavy atom. The Hall–Kier alpha value is -2.99. The van der Waals surface area contributed by atoms with E-state index < -0.39 is 24.4 Å². The molecule has 28 heavy (non-hydrogen) atoms. The van der Waals surface area contributed by atoms with Crippen LogP contribution in [0.4, 0.5) is 19.0 Å². The van der Waals surface area contributed by atoms with Gasteiger partial charge in [0, 0.05) is 26.3 Å². The number of imidazole rings is 1. The number of benzene rings is 1. The fourth-order valence-corrected chi connectivity index (χ4v) is 2.67. The average Bonchev–Trinajstić information content (AvgIpc) is 3.03. The van der Waals surface area contributed by atoms with E-state index >= 15 is 0 Å². The van der Waals surface area contributed by atoms with Crippen molar-refractivity contribution in [1.29, 1.82) is 0 Å². The van der Waals surface area contributed by atoms with Gasteiger partial charge in [-0.1, -0.05) is 6.07 Å². The number of carbonyl (C=O) groups is 1. The second-order valence-corrected chi connectivity index (χ2v) is 5.90. The number of aromatic amines is 1. The number of carbonyl (C=O) groups excluding carboxylic acids is 1. The maximum absolute atomic E-state index is 12.5. The van der Waals surface area contributed by atoms with Crippen LogP contribution in [0.1, 0.15) is 16.9 Å². The molecule has 1 aromatic carbocycles. The normalized spacial score (nSPS) is 16.9. The van der Waals surface area contributed by atoms with Gasteiger partial charge in [0.1, 0.15) is 11.5 Å². The number of hydrogen-bond acceptors (Lipinski definition) is 7. The Bertz CT molecular complexity index is 857. The van der Waals surface area contributed by atoms with Crippen molar-refractivity contribution in [3.8, 4) is 17.5 Å². The van der Waals surface area contributed by atoms with Gasteiger partial charge in [0.2, 0.25) is 6.35 Å². The number of nitrogens with zero attached hydrogens (tertiary/aromatic N) is 3. The topological polar surface area (TPSA) is 111 Å². The summed E-state index contributed by atoms with van der Waals surface area (Å²) >= 11 is 0. The summed E-state index contributed by atoms with van der Waals surface area (Å²) in [5, 5.41) is 19.2. The molecular weight excluding hydrogens is 385 g/mol. The standard InChI is InChI=1S/C16H17F3N4O5/c1-22-12-11(13(25)23(15(22)26)6-3-7-24)20-14(21-12)27-9-4-2-5-10(8-9)28-16(17,18)19/h2,4-5,8,15,24,26H,3,6-7H2,1H3,(H,20,21). The molecule has 1 aliphatic heterocycles. The summed E-state index contributed by atoms with van der Waals surface area (Å²) in [6.07, 6.45) is -5.85. The first-order valence-electron chi connectivity index (χ1n) is 8.16. The molecule has 9 nitrogen and oxygen atoms in total. The molecule has 0 aliphatic carbocycles. The van der Waals surface area contributed by atoms with E-state index in [2.05, 4.69) is 14.7 Å². The number of nitrogens with one attached hydrogen (secondary N) is 1. The Labute approximate surface area is 156 Å². The van der Waals surface area contributed by atoms with E-state index in [-0.39, 0.29) is 42.8 Å². The van der Waals surface area contributed by atoms with Crippen LogP contribution in [0, 0.1) is 0 Å². The molecule has 12 heteroatoms. The second-order valence-electron chi connectivity index (χ2n) is 5.90. The summed E-state index contributed by atoms with van der Waals surface area (Å²) in [7, 11) is 1.50. The number of hydrogen-bond donors (Lipinski definition) is 3. The fraction of sp³-hybridized carbons (Fsp3) is 0.375. The Morgan fingerprint density at radius 3 is 2.71 bits per heavy atom. The Kier molecular flexibility index (Phi) is 5.34. The number of aliphatic hydroxyl groups is 2. The van der Waals surface area contributed by atoms with Crippen molar-refractivity contribution in [1.82, 2.24) is 14.9 Å². The quantitative estimate of drug-likeness (QED) is 0.674. The van der Waals surface area contributed by atoms with Crippen LogP contribution < -0.4 is 14.4 Å². The summed E-state index contributed by atoms with van der Waals surface area (Å²) in [4.78, 5) is 21.7. The Balaban J connectivity index is 1.82. The molecule has 1 aliphatic rings. The lowest BCUT2D eigenvalue weighted by Crippen LogP contribution is -2.54.